The van der Waals surface area contributed by atoms with Crippen LogP contribution in [0.1, 0.15) is 34.5 Å². The van der Waals surface area contributed by atoms with Crippen molar-refractivity contribution in [2.24, 2.45) is 0 Å². The average Bonchev–Trinajstić information content (AvgIpc) is 3.15. The van der Waals surface area contributed by atoms with Gasteiger partial charge in [-0.3, -0.25) is 9.48 Å². The summed E-state index contributed by atoms with van der Waals surface area (Å²) >= 11 is 8.58. The Morgan fingerprint density at radius 2 is 2.07 bits per heavy atom. The Bertz CT molecular complexity index is 1010. The highest BCUT2D eigenvalue weighted by Gasteiger charge is 2.33. The minimum absolute atomic E-state index is 0.0104. The van der Waals surface area contributed by atoms with Gasteiger partial charge in [0.2, 0.25) is 0 Å². The van der Waals surface area contributed by atoms with Crippen molar-refractivity contribution in [1.82, 2.24) is 29.3 Å². The molecule has 3 rings (SSSR count). The molecule has 0 saturated heterocycles. The van der Waals surface area contributed by atoms with Crippen molar-refractivity contribution in [3.8, 4) is 0 Å². The number of amides is 1. The largest absolute Gasteiger partial charge is 0.364 e. The normalized spacial score (nSPS) is 12.0. The first-order chi connectivity index (χ1) is 12.6. The number of rotatable bonds is 5. The molecule has 0 saturated carbocycles. The summed E-state index contributed by atoms with van der Waals surface area (Å²) in [5.41, 5.74) is 0.595. The molecular weight excluding hydrogens is 446 g/mol. The summed E-state index contributed by atoms with van der Waals surface area (Å²) in [6.45, 7) is 4.44. The lowest BCUT2D eigenvalue weighted by Gasteiger charge is -2.14. The maximum atomic E-state index is 13.7. The molecule has 27 heavy (non-hydrogen) atoms. The van der Waals surface area contributed by atoms with Crippen LogP contribution >= 0.6 is 27.5 Å². The van der Waals surface area contributed by atoms with Crippen molar-refractivity contribution in [3.63, 3.8) is 0 Å². The molecule has 0 aromatic carbocycles. The SMILES string of the molecule is CCn1cc(Br)c(CN(C)C(=O)c2cc3nc(C)cc(C(F)(F)Cl)n3n2)n1. The quantitative estimate of drug-likeness (QED) is 0.545. The van der Waals surface area contributed by atoms with E-state index >= 15 is 0 Å². The average molecular weight is 462 g/mol. The van der Waals surface area contributed by atoms with E-state index in [1.165, 1.54) is 11.0 Å². The van der Waals surface area contributed by atoms with Crippen LogP contribution in [0.25, 0.3) is 5.65 Å². The number of fused-ring (bicyclic) bond motifs is 1. The summed E-state index contributed by atoms with van der Waals surface area (Å²) in [4.78, 5) is 18.2. The molecule has 0 atom stereocenters. The summed E-state index contributed by atoms with van der Waals surface area (Å²) in [6, 6.07) is 2.50. The topological polar surface area (TPSA) is 68.3 Å². The van der Waals surface area contributed by atoms with E-state index in [-0.39, 0.29) is 17.9 Å². The lowest BCUT2D eigenvalue weighted by Crippen LogP contribution is -2.27. The molecule has 3 aromatic heterocycles. The third-order valence-electron chi connectivity index (χ3n) is 3.91. The van der Waals surface area contributed by atoms with Crippen LogP contribution < -0.4 is 0 Å². The van der Waals surface area contributed by atoms with Crippen LogP contribution in [0.2, 0.25) is 0 Å². The maximum Gasteiger partial charge on any atom is 0.364 e. The molecule has 0 fully saturated rings. The molecule has 0 aliphatic rings. The second-order valence-corrected chi connectivity index (χ2v) is 7.35. The fourth-order valence-electron chi connectivity index (χ4n) is 2.60. The van der Waals surface area contributed by atoms with Gasteiger partial charge in [-0.15, -0.1) is 0 Å². The van der Waals surface area contributed by atoms with Gasteiger partial charge >= 0.3 is 5.38 Å². The number of carbonyl (C=O) groups excluding carboxylic acids is 1. The van der Waals surface area contributed by atoms with Gasteiger partial charge in [-0.25, -0.2) is 9.50 Å². The van der Waals surface area contributed by atoms with Gasteiger partial charge in [0.25, 0.3) is 5.91 Å². The first kappa shape index (κ1) is 19.7. The van der Waals surface area contributed by atoms with E-state index < -0.39 is 17.0 Å². The summed E-state index contributed by atoms with van der Waals surface area (Å²) in [5.74, 6) is -0.444. The monoisotopic (exact) mass is 460 g/mol. The number of alkyl halides is 3. The van der Waals surface area contributed by atoms with Crippen LogP contribution in [0, 0.1) is 6.92 Å². The lowest BCUT2D eigenvalue weighted by molar-refractivity contribution is 0.0771. The summed E-state index contributed by atoms with van der Waals surface area (Å²) < 4.78 is 30.7. The van der Waals surface area contributed by atoms with Crippen molar-refractivity contribution in [2.45, 2.75) is 32.3 Å². The third-order valence-corrected chi connectivity index (χ3v) is 4.77. The van der Waals surface area contributed by atoms with Crippen molar-refractivity contribution in [2.75, 3.05) is 7.05 Å². The van der Waals surface area contributed by atoms with Crippen molar-refractivity contribution in [3.05, 3.63) is 45.6 Å². The van der Waals surface area contributed by atoms with Gasteiger partial charge in [-0.2, -0.15) is 19.0 Å². The zero-order valence-electron chi connectivity index (χ0n) is 14.7. The predicted molar refractivity (Wildman–Crippen MR) is 98.9 cm³/mol. The Morgan fingerprint density at radius 1 is 1.37 bits per heavy atom. The number of hydrogen-bond acceptors (Lipinski definition) is 4. The molecule has 0 unspecified atom stereocenters. The Hall–Kier alpha value is -2.07. The van der Waals surface area contributed by atoms with E-state index in [1.54, 1.807) is 18.7 Å². The van der Waals surface area contributed by atoms with Crippen molar-refractivity contribution in [1.29, 1.82) is 0 Å². The highest BCUT2D eigenvalue weighted by atomic mass is 79.9. The van der Waals surface area contributed by atoms with Crippen molar-refractivity contribution >= 4 is 39.1 Å². The van der Waals surface area contributed by atoms with Gasteiger partial charge in [-0.1, -0.05) is 0 Å². The molecule has 11 heteroatoms. The number of halogens is 4. The molecular formula is C16H16BrClF2N6O. The predicted octanol–water partition coefficient (Wildman–Crippen LogP) is 3.58. The Balaban J connectivity index is 1.92. The van der Waals surface area contributed by atoms with Crippen molar-refractivity contribution < 1.29 is 13.6 Å². The second kappa shape index (κ2) is 7.16. The zero-order chi connectivity index (χ0) is 19.9. The fourth-order valence-corrected chi connectivity index (χ4v) is 3.18. The number of carbonyl (C=O) groups is 1. The summed E-state index contributed by atoms with van der Waals surface area (Å²) in [7, 11) is 1.58. The molecule has 0 spiro atoms. The molecule has 7 nitrogen and oxygen atoms in total. The van der Waals surface area contributed by atoms with E-state index in [2.05, 4.69) is 31.1 Å². The highest BCUT2D eigenvalue weighted by Crippen LogP contribution is 2.32. The molecule has 3 heterocycles. The highest BCUT2D eigenvalue weighted by molar-refractivity contribution is 9.10. The second-order valence-electron chi connectivity index (χ2n) is 6.02. The van der Waals surface area contributed by atoms with Gasteiger partial charge in [0.05, 0.1) is 16.7 Å². The number of nitrogens with zero attached hydrogens (tertiary/aromatic N) is 6. The van der Waals surface area contributed by atoms with Crippen LogP contribution in [0.4, 0.5) is 8.78 Å². The summed E-state index contributed by atoms with van der Waals surface area (Å²) in [6.07, 6.45) is 1.82. The van der Waals surface area contributed by atoms with Crippen LogP contribution in [0.5, 0.6) is 0 Å². The Kier molecular flexibility index (Phi) is 5.22. The van der Waals surface area contributed by atoms with E-state index in [0.29, 0.717) is 17.9 Å². The standard InChI is InChI=1S/C16H16BrClF2N6O/c1-4-25-7-10(17)12(22-25)8-24(3)15(27)11-6-14-21-9(2)5-13(16(18,19)20)26(14)23-11/h5-7H,4,8H2,1-3H3. The van der Waals surface area contributed by atoms with Gasteiger partial charge < -0.3 is 4.90 Å². The molecule has 1 amide bonds. The lowest BCUT2D eigenvalue weighted by atomic mass is 10.3. The molecule has 0 aliphatic carbocycles. The first-order valence-corrected chi connectivity index (χ1v) is 9.19. The van der Waals surface area contributed by atoms with E-state index in [0.717, 1.165) is 15.1 Å². The number of aryl methyl sites for hydroxylation is 2. The molecule has 144 valence electrons. The van der Waals surface area contributed by atoms with E-state index in [9.17, 15) is 13.6 Å². The molecule has 0 radical (unpaired) electrons. The van der Waals surface area contributed by atoms with E-state index in [4.69, 9.17) is 11.6 Å². The van der Waals surface area contributed by atoms with Crippen LogP contribution in [-0.2, 0) is 18.5 Å². The minimum atomic E-state index is -3.64. The van der Waals surface area contributed by atoms with Crippen LogP contribution in [0.15, 0.2) is 22.8 Å². The smallest absolute Gasteiger partial charge is 0.334 e. The Labute approximate surface area is 167 Å². The summed E-state index contributed by atoms with van der Waals surface area (Å²) in [5, 5.41) is 4.72. The Morgan fingerprint density at radius 3 is 2.67 bits per heavy atom. The number of aromatic nitrogens is 5. The molecule has 0 aliphatic heterocycles. The van der Waals surface area contributed by atoms with Crippen LogP contribution in [-0.4, -0.2) is 42.2 Å². The van der Waals surface area contributed by atoms with Gasteiger partial charge in [0, 0.05) is 31.5 Å². The van der Waals surface area contributed by atoms with Gasteiger partial charge in [0.15, 0.2) is 11.3 Å². The maximum absolute atomic E-state index is 13.7. The van der Waals surface area contributed by atoms with Gasteiger partial charge in [-0.05, 0) is 47.4 Å². The van der Waals surface area contributed by atoms with Crippen LogP contribution in [0.3, 0.4) is 0 Å². The minimum Gasteiger partial charge on any atom is -0.334 e. The molecule has 0 N–H and O–H groups in total. The van der Waals surface area contributed by atoms with Gasteiger partial charge in [0.1, 0.15) is 5.69 Å². The first-order valence-electron chi connectivity index (χ1n) is 8.02. The molecule has 0 bridgehead atoms. The fraction of sp³-hybridized carbons (Fsp3) is 0.375. The zero-order valence-corrected chi connectivity index (χ0v) is 17.1. The van der Waals surface area contributed by atoms with E-state index in [1.807, 2.05) is 13.1 Å². The third kappa shape index (κ3) is 3.96. The number of hydrogen-bond donors (Lipinski definition) is 0. The molecule has 3 aromatic rings.